The average molecular weight is 433 g/mol. The number of hydrogen-bond donors (Lipinski definition) is 1. The molecule has 0 aliphatic carbocycles. The summed E-state index contributed by atoms with van der Waals surface area (Å²) >= 11 is 4.67. The largest absolute Gasteiger partial charge is 0.507 e. The average Bonchev–Trinajstić information content (AvgIpc) is 2.93. The first-order chi connectivity index (χ1) is 12.5. The van der Waals surface area contributed by atoms with Gasteiger partial charge in [-0.3, -0.25) is 9.69 Å². The van der Waals surface area contributed by atoms with E-state index < -0.39 is 0 Å². The lowest BCUT2D eigenvalue weighted by molar-refractivity contribution is -0.122. The summed E-state index contributed by atoms with van der Waals surface area (Å²) in [4.78, 5) is 19.4. The third-order valence-corrected chi connectivity index (χ3v) is 5.28. The third-order valence-electron chi connectivity index (χ3n) is 3.78. The second kappa shape index (κ2) is 7.97. The molecule has 0 aromatic heterocycles. The molecule has 1 aliphatic rings. The van der Waals surface area contributed by atoms with Gasteiger partial charge in [0.1, 0.15) is 11.5 Å². The molecule has 0 atom stereocenters. The normalized spacial score (nSPS) is 17.3. The first-order valence-electron chi connectivity index (χ1n) is 7.94. The molecule has 2 aromatic carbocycles. The molecule has 1 amide bonds. The number of aliphatic imine (C=N–C) groups is 1. The molecule has 134 valence electrons. The molecule has 0 spiro atoms. The Morgan fingerprint density at radius 3 is 2.65 bits per heavy atom. The highest BCUT2D eigenvalue weighted by Gasteiger charge is 2.32. The van der Waals surface area contributed by atoms with Crippen LogP contribution in [0.25, 0.3) is 6.08 Å². The van der Waals surface area contributed by atoms with E-state index in [2.05, 4.69) is 20.9 Å². The lowest BCUT2D eigenvalue weighted by atomic mass is 10.2. The number of nitrogens with zero attached hydrogens (tertiary/aromatic N) is 2. The van der Waals surface area contributed by atoms with Gasteiger partial charge in [-0.1, -0.05) is 15.9 Å². The molecule has 0 bridgehead atoms. The number of amidine groups is 1. The zero-order chi connectivity index (χ0) is 18.7. The number of phenols is 1. The van der Waals surface area contributed by atoms with Crippen LogP contribution >= 0.6 is 27.7 Å². The lowest BCUT2D eigenvalue weighted by Gasteiger charge is -2.12. The van der Waals surface area contributed by atoms with Gasteiger partial charge >= 0.3 is 0 Å². The Morgan fingerprint density at radius 1 is 1.27 bits per heavy atom. The maximum atomic E-state index is 12.7. The Labute approximate surface area is 164 Å². The number of halogens is 1. The molecule has 5 nitrogen and oxygen atoms in total. The first kappa shape index (κ1) is 18.5. The highest BCUT2D eigenvalue weighted by molar-refractivity contribution is 9.10. The topological polar surface area (TPSA) is 62.1 Å². The van der Waals surface area contributed by atoms with Crippen LogP contribution in [0.4, 0.5) is 5.69 Å². The number of thioether (sulfide) groups is 1. The molecule has 0 unspecified atom stereocenters. The van der Waals surface area contributed by atoms with Gasteiger partial charge in [-0.15, -0.1) is 0 Å². The van der Waals surface area contributed by atoms with Gasteiger partial charge in [-0.2, -0.15) is 0 Å². The second-order valence-electron chi connectivity index (χ2n) is 5.46. The Kier molecular flexibility index (Phi) is 5.68. The summed E-state index contributed by atoms with van der Waals surface area (Å²) in [5.41, 5.74) is 1.32. The number of ether oxygens (including phenoxy) is 1. The predicted octanol–water partition coefficient (Wildman–Crippen LogP) is 4.79. The zero-order valence-corrected chi connectivity index (χ0v) is 16.7. The molecule has 1 heterocycles. The Bertz CT molecular complexity index is 894. The fourth-order valence-electron chi connectivity index (χ4n) is 2.42. The van der Waals surface area contributed by atoms with Crippen LogP contribution in [0.2, 0.25) is 0 Å². The van der Waals surface area contributed by atoms with E-state index in [9.17, 15) is 9.90 Å². The van der Waals surface area contributed by atoms with Gasteiger partial charge in [0.05, 0.1) is 17.7 Å². The van der Waals surface area contributed by atoms with Crippen molar-refractivity contribution in [3.63, 3.8) is 0 Å². The molecule has 1 aliphatic heterocycles. The summed E-state index contributed by atoms with van der Waals surface area (Å²) in [5, 5.41) is 10.6. The smallest absolute Gasteiger partial charge is 0.266 e. The van der Waals surface area contributed by atoms with Gasteiger partial charge in [0.25, 0.3) is 5.91 Å². The number of carbonyl (C=O) groups excluding carboxylic acids is 1. The molecular weight excluding hydrogens is 416 g/mol. The summed E-state index contributed by atoms with van der Waals surface area (Å²) in [6.07, 6.45) is 1.69. The number of benzene rings is 2. The van der Waals surface area contributed by atoms with Gasteiger partial charge in [0.15, 0.2) is 5.17 Å². The van der Waals surface area contributed by atoms with Crippen LogP contribution in [0.15, 0.2) is 56.8 Å². The molecule has 7 heteroatoms. The van der Waals surface area contributed by atoms with Crippen molar-refractivity contribution in [1.82, 2.24) is 4.90 Å². The van der Waals surface area contributed by atoms with E-state index in [4.69, 9.17) is 4.74 Å². The maximum Gasteiger partial charge on any atom is 0.266 e. The van der Waals surface area contributed by atoms with Crippen LogP contribution in [0.3, 0.4) is 0 Å². The molecule has 1 saturated heterocycles. The first-order valence-corrected chi connectivity index (χ1v) is 9.55. The van der Waals surface area contributed by atoms with E-state index >= 15 is 0 Å². The van der Waals surface area contributed by atoms with Crippen molar-refractivity contribution in [2.45, 2.75) is 6.92 Å². The van der Waals surface area contributed by atoms with Crippen LogP contribution in [0, 0.1) is 0 Å². The molecule has 2 aromatic rings. The minimum Gasteiger partial charge on any atom is -0.507 e. The van der Waals surface area contributed by atoms with Crippen molar-refractivity contribution < 1.29 is 14.6 Å². The van der Waals surface area contributed by atoms with E-state index in [0.29, 0.717) is 22.2 Å². The highest BCUT2D eigenvalue weighted by Crippen LogP contribution is 2.36. The van der Waals surface area contributed by atoms with Crippen molar-refractivity contribution in [3.8, 4) is 11.5 Å². The molecule has 26 heavy (non-hydrogen) atoms. The molecule has 1 N–H and O–H groups in total. The van der Waals surface area contributed by atoms with E-state index in [1.165, 1.54) is 11.8 Å². The fraction of sp³-hybridized carbons (Fsp3) is 0.158. The van der Waals surface area contributed by atoms with Crippen LogP contribution in [-0.2, 0) is 4.79 Å². The Morgan fingerprint density at radius 2 is 2.00 bits per heavy atom. The quantitative estimate of drug-likeness (QED) is 0.705. The summed E-state index contributed by atoms with van der Waals surface area (Å²) in [7, 11) is 1.61. The molecule has 0 radical (unpaired) electrons. The van der Waals surface area contributed by atoms with Gasteiger partial charge in [-0.05, 0) is 67.2 Å². The second-order valence-corrected chi connectivity index (χ2v) is 7.38. The van der Waals surface area contributed by atoms with Crippen LogP contribution in [0.5, 0.6) is 11.5 Å². The zero-order valence-electron chi connectivity index (χ0n) is 14.3. The van der Waals surface area contributed by atoms with Gasteiger partial charge in [-0.25, -0.2) is 4.99 Å². The number of hydrogen-bond acceptors (Lipinski definition) is 5. The summed E-state index contributed by atoms with van der Waals surface area (Å²) in [6.45, 7) is 2.42. The van der Waals surface area contributed by atoms with E-state index in [0.717, 1.165) is 15.9 Å². The molecule has 3 rings (SSSR count). The van der Waals surface area contributed by atoms with Crippen molar-refractivity contribution >= 4 is 50.5 Å². The predicted molar refractivity (Wildman–Crippen MR) is 109 cm³/mol. The Balaban J connectivity index is 1.93. The fourth-order valence-corrected chi connectivity index (χ4v) is 3.85. The van der Waals surface area contributed by atoms with E-state index in [1.807, 2.05) is 31.2 Å². The summed E-state index contributed by atoms with van der Waals surface area (Å²) in [5.74, 6) is 0.754. The van der Waals surface area contributed by atoms with Crippen LogP contribution in [0.1, 0.15) is 12.5 Å². The number of amides is 1. The minimum absolute atomic E-state index is 0.121. The van der Waals surface area contributed by atoms with Crippen molar-refractivity contribution in [2.75, 3.05) is 13.7 Å². The van der Waals surface area contributed by atoms with Crippen molar-refractivity contribution in [3.05, 3.63) is 57.4 Å². The number of methoxy groups -OCH3 is 1. The molecule has 0 saturated carbocycles. The van der Waals surface area contributed by atoms with Gasteiger partial charge < -0.3 is 9.84 Å². The highest BCUT2D eigenvalue weighted by atomic mass is 79.9. The standard InChI is InChI=1S/C19H17BrN2O3S/c1-3-22-18(24)17(11-12-10-13(20)4-9-16(12)23)26-19(22)21-14-5-7-15(25-2)8-6-14/h4-11,23H,3H2,1-2H3/b17-11+,21-19?. The van der Waals surface area contributed by atoms with E-state index in [-0.39, 0.29) is 11.7 Å². The molecule has 1 fully saturated rings. The van der Waals surface area contributed by atoms with Gasteiger partial charge in [0.2, 0.25) is 0 Å². The lowest BCUT2D eigenvalue weighted by Crippen LogP contribution is -2.28. The van der Waals surface area contributed by atoms with Crippen LogP contribution in [-0.4, -0.2) is 34.7 Å². The Hall–Kier alpha value is -2.25. The van der Waals surface area contributed by atoms with Crippen molar-refractivity contribution in [2.24, 2.45) is 4.99 Å². The number of phenolic OH excluding ortho intramolecular Hbond substituents is 1. The SMILES string of the molecule is CCN1C(=O)/C(=C\c2cc(Br)ccc2O)SC1=Nc1ccc(OC)cc1. The van der Waals surface area contributed by atoms with Crippen LogP contribution < -0.4 is 4.74 Å². The van der Waals surface area contributed by atoms with E-state index in [1.54, 1.807) is 36.3 Å². The number of aromatic hydroxyl groups is 1. The monoisotopic (exact) mass is 432 g/mol. The number of carbonyl (C=O) groups is 1. The minimum atomic E-state index is -0.121. The number of rotatable bonds is 4. The third kappa shape index (κ3) is 3.94. The maximum absolute atomic E-state index is 12.7. The van der Waals surface area contributed by atoms with Crippen molar-refractivity contribution in [1.29, 1.82) is 0 Å². The molecular formula is C19H17BrN2O3S. The van der Waals surface area contributed by atoms with Gasteiger partial charge in [0, 0.05) is 16.6 Å². The number of likely N-dealkylation sites (N-methyl/N-ethyl adjacent to an activating group) is 1. The summed E-state index contributed by atoms with van der Waals surface area (Å²) < 4.78 is 5.98. The summed E-state index contributed by atoms with van der Waals surface area (Å²) in [6, 6.07) is 12.4.